The van der Waals surface area contributed by atoms with Crippen LogP contribution in [0, 0.1) is 0 Å². The van der Waals surface area contributed by atoms with Crippen molar-refractivity contribution in [3.63, 3.8) is 0 Å². The van der Waals surface area contributed by atoms with Crippen LogP contribution in [0.1, 0.15) is 80.0 Å². The fraction of sp³-hybridized carbons (Fsp3) is 0.358. The van der Waals surface area contributed by atoms with Crippen LogP contribution in [0.2, 0.25) is 0 Å². The fourth-order valence-corrected chi connectivity index (χ4v) is 9.04. The molecule has 0 radical (unpaired) electrons. The van der Waals surface area contributed by atoms with E-state index in [1.54, 1.807) is 121 Å². The summed E-state index contributed by atoms with van der Waals surface area (Å²) in [7, 11) is 0. The van der Waals surface area contributed by atoms with Crippen LogP contribution in [0.15, 0.2) is 152 Å². The van der Waals surface area contributed by atoms with E-state index in [0.29, 0.717) is 17.9 Å². The van der Waals surface area contributed by atoms with Crippen LogP contribution < -0.4 is 0 Å². The normalized spacial score (nSPS) is 26.6. The van der Waals surface area contributed by atoms with Crippen molar-refractivity contribution in [2.45, 2.75) is 93.5 Å². The van der Waals surface area contributed by atoms with Crippen molar-refractivity contribution in [2.24, 2.45) is 0 Å². The highest BCUT2D eigenvalue weighted by molar-refractivity contribution is 7.99. The minimum Gasteiger partial charge on any atom is -0.452 e. The molecular weight excluding hydrogens is 893 g/mol. The highest BCUT2D eigenvalue weighted by Gasteiger charge is 2.58. The largest absolute Gasteiger partial charge is 0.452 e. The van der Waals surface area contributed by atoms with Crippen LogP contribution in [-0.4, -0.2) is 110 Å². The van der Waals surface area contributed by atoms with Gasteiger partial charge in [-0.2, -0.15) is 0 Å². The Balaban J connectivity index is 1.22. The van der Waals surface area contributed by atoms with E-state index in [-0.39, 0.29) is 35.5 Å². The van der Waals surface area contributed by atoms with E-state index >= 15 is 0 Å². The topological polar surface area (TPSA) is 161 Å². The van der Waals surface area contributed by atoms with E-state index in [1.165, 1.54) is 11.8 Å². The van der Waals surface area contributed by atoms with Crippen LogP contribution in [0.5, 0.6) is 0 Å². The lowest BCUT2D eigenvalue weighted by atomic mass is 9.95. The second-order valence-corrected chi connectivity index (χ2v) is 17.6. The summed E-state index contributed by atoms with van der Waals surface area (Å²) >= 11 is 1.35. The van der Waals surface area contributed by atoms with Gasteiger partial charge < -0.3 is 47.4 Å². The van der Waals surface area contributed by atoms with E-state index in [0.717, 1.165) is 12.8 Å². The van der Waals surface area contributed by atoms with Gasteiger partial charge in [-0.05, 0) is 60.7 Å². The van der Waals surface area contributed by atoms with E-state index in [2.05, 4.69) is 0 Å². The molecule has 14 nitrogen and oxygen atoms in total. The minimum absolute atomic E-state index is 0.0468. The third kappa shape index (κ3) is 12.0. The molecule has 0 spiro atoms. The van der Waals surface area contributed by atoms with Crippen molar-refractivity contribution in [3.05, 3.63) is 179 Å². The first-order valence-corrected chi connectivity index (χ1v) is 23.9. The van der Waals surface area contributed by atoms with Crippen molar-refractivity contribution in [3.8, 4) is 0 Å². The molecule has 11 atom stereocenters. The quantitative estimate of drug-likeness (QED) is 0.0468. The average molecular weight is 947 g/mol. The highest BCUT2D eigenvalue weighted by Crippen LogP contribution is 2.41. The first-order chi connectivity index (χ1) is 33.3. The predicted octanol–water partition coefficient (Wildman–Crippen LogP) is 8.41. The summed E-state index contributed by atoms with van der Waals surface area (Å²) in [6.45, 7) is 4.24. The maximum absolute atomic E-state index is 14.2. The number of thioether (sulfide) groups is 1. The molecular formula is C53H54O14S. The number of hydrogen-bond acceptors (Lipinski definition) is 15. The van der Waals surface area contributed by atoms with Crippen molar-refractivity contribution in [2.75, 3.05) is 25.6 Å². The molecule has 68 heavy (non-hydrogen) atoms. The standard InChI is InChI=1S/C53H54O14S/c1-3-5-31-58-32-39-41(44(63-48(55)35-23-13-7-14-24-35)46(53(61-39)68-4-2)65-50(57)37-27-17-9-18-28-37)67-52-45(64-49(56)36-25-15-8-16-26-36)43(62-47(54)34-21-11-6-12-22-34)42-40(60-52)33-59-51(66-42)38-29-19-10-20-30-38/h6-30,39-46,51-53H,3-5,31-33H2,1-2H3/t39?,40?,41-,42-,43?,44?,45+,46+,51?,52+,53+/m1/s1. The predicted molar refractivity (Wildman–Crippen MR) is 249 cm³/mol. The molecule has 8 rings (SSSR count). The highest BCUT2D eigenvalue weighted by atomic mass is 32.2. The van der Waals surface area contributed by atoms with E-state index in [4.69, 9.17) is 47.4 Å². The maximum Gasteiger partial charge on any atom is 0.338 e. The smallest absolute Gasteiger partial charge is 0.338 e. The monoisotopic (exact) mass is 946 g/mol. The lowest BCUT2D eigenvalue weighted by Gasteiger charge is -2.50. The van der Waals surface area contributed by atoms with Crippen molar-refractivity contribution < 1.29 is 66.5 Å². The van der Waals surface area contributed by atoms with Crippen molar-refractivity contribution in [1.29, 1.82) is 0 Å². The van der Waals surface area contributed by atoms with Crippen molar-refractivity contribution in [1.82, 2.24) is 0 Å². The van der Waals surface area contributed by atoms with Crippen LogP contribution in [0.25, 0.3) is 0 Å². The van der Waals surface area contributed by atoms with Gasteiger partial charge in [-0.15, -0.1) is 11.8 Å². The molecule has 0 N–H and O–H groups in total. The van der Waals surface area contributed by atoms with E-state index in [9.17, 15) is 19.2 Å². The zero-order valence-corrected chi connectivity index (χ0v) is 38.5. The van der Waals surface area contributed by atoms with Gasteiger partial charge >= 0.3 is 23.9 Å². The van der Waals surface area contributed by atoms with Gasteiger partial charge in [0, 0.05) is 12.2 Å². The summed E-state index contributed by atoms with van der Waals surface area (Å²) in [6.07, 6.45) is -10.8. The summed E-state index contributed by atoms with van der Waals surface area (Å²) in [6, 6.07) is 42.7. The Bertz CT molecular complexity index is 2380. The fourth-order valence-electron chi connectivity index (χ4n) is 8.09. The third-order valence-corrected chi connectivity index (χ3v) is 12.5. The van der Waals surface area contributed by atoms with Crippen LogP contribution >= 0.6 is 11.8 Å². The second-order valence-electron chi connectivity index (χ2n) is 16.2. The SMILES string of the molecule is CCCCOCC1O[C@@H](SCC)[C@@H](OC(=O)c2ccccc2)C(OC(=O)c2ccccc2)[C@@H]1O[C@@H]1OC2COC(c3ccccc3)O[C@H]2C(OC(=O)c2ccccc2)[C@@H]1OC(=O)c1ccccc1. The van der Waals surface area contributed by atoms with Gasteiger partial charge in [0.25, 0.3) is 0 Å². The molecule has 0 aromatic heterocycles. The summed E-state index contributed by atoms with van der Waals surface area (Å²) in [5.74, 6) is -2.40. The zero-order chi connectivity index (χ0) is 47.2. The molecule has 5 unspecified atom stereocenters. The summed E-state index contributed by atoms with van der Waals surface area (Å²) in [5.41, 5.74) is 0.727. The van der Waals surface area contributed by atoms with Gasteiger partial charge in [0.15, 0.2) is 37.0 Å². The molecule has 3 aliphatic rings. The van der Waals surface area contributed by atoms with Gasteiger partial charge in [0.2, 0.25) is 0 Å². The number of rotatable bonds is 18. The lowest BCUT2D eigenvalue weighted by Crippen LogP contribution is -2.67. The molecule has 356 valence electrons. The van der Waals surface area contributed by atoms with Gasteiger partial charge in [0.05, 0.1) is 35.5 Å². The Morgan fingerprint density at radius 2 is 1.01 bits per heavy atom. The molecule has 0 amide bonds. The minimum atomic E-state index is -1.58. The molecule has 3 saturated heterocycles. The Kier molecular flexibility index (Phi) is 17.1. The molecule has 0 saturated carbocycles. The number of carbonyl (C=O) groups excluding carboxylic acids is 4. The molecule has 0 bridgehead atoms. The third-order valence-electron chi connectivity index (χ3n) is 11.5. The number of benzene rings is 5. The van der Waals surface area contributed by atoms with E-state index < -0.39 is 90.7 Å². The molecule has 3 aliphatic heterocycles. The second kappa shape index (κ2) is 23.9. The number of esters is 4. The Labute approximate surface area is 399 Å². The molecule has 5 aromatic carbocycles. The van der Waals surface area contributed by atoms with Gasteiger partial charge in [-0.1, -0.05) is 123 Å². The maximum atomic E-state index is 14.2. The molecule has 15 heteroatoms. The van der Waals surface area contributed by atoms with Crippen LogP contribution in [0.4, 0.5) is 0 Å². The van der Waals surface area contributed by atoms with Gasteiger partial charge in [0.1, 0.15) is 29.9 Å². The van der Waals surface area contributed by atoms with Crippen LogP contribution in [-0.2, 0) is 47.4 Å². The Morgan fingerprint density at radius 1 is 0.544 bits per heavy atom. The summed E-state index contributed by atoms with van der Waals surface area (Å²) < 4.78 is 65.0. The van der Waals surface area contributed by atoms with E-state index in [1.807, 2.05) is 44.2 Å². The zero-order valence-electron chi connectivity index (χ0n) is 37.7. The average Bonchev–Trinajstić information content (AvgIpc) is 3.39. The molecule has 3 fully saturated rings. The summed E-state index contributed by atoms with van der Waals surface area (Å²) in [5, 5.41) is 0. The first kappa shape index (κ1) is 48.5. The number of hydrogen-bond donors (Lipinski definition) is 0. The van der Waals surface area contributed by atoms with Crippen LogP contribution in [0.3, 0.4) is 0 Å². The Morgan fingerprint density at radius 3 is 1.51 bits per heavy atom. The number of carbonyl (C=O) groups is 4. The number of fused-ring (bicyclic) bond motifs is 1. The molecule has 5 aromatic rings. The lowest BCUT2D eigenvalue weighted by molar-refractivity contribution is -0.375. The Hall–Kier alpha value is -5.91. The number of ether oxygens (including phenoxy) is 10. The van der Waals surface area contributed by atoms with Gasteiger partial charge in [-0.3, -0.25) is 0 Å². The molecule has 3 heterocycles. The first-order valence-electron chi connectivity index (χ1n) is 22.8. The molecule has 0 aliphatic carbocycles. The van der Waals surface area contributed by atoms with Gasteiger partial charge in [-0.25, -0.2) is 19.2 Å². The number of unbranched alkanes of at least 4 members (excludes halogenated alkanes) is 1. The van der Waals surface area contributed by atoms with Crippen molar-refractivity contribution >= 4 is 35.6 Å². The summed E-state index contributed by atoms with van der Waals surface area (Å²) in [4.78, 5) is 56.6.